The molecule has 0 saturated carbocycles. The van der Waals surface area contributed by atoms with Crippen molar-refractivity contribution < 1.29 is 117 Å². The molecular formula is C98H146N26O24. The highest BCUT2D eigenvalue weighted by atomic mass is 16.4. The largest absolute Gasteiger partial charge is 0.508 e. The summed E-state index contributed by atoms with van der Waals surface area (Å²) in [5.74, 6) is -18.8. The first-order chi connectivity index (χ1) is 70.1. The number of carboxylic acid groups (broad SMARTS) is 2. The van der Waals surface area contributed by atoms with Gasteiger partial charge in [0, 0.05) is 86.7 Å². The van der Waals surface area contributed by atoms with Gasteiger partial charge in [-0.3, -0.25) is 97.1 Å². The number of aromatic hydroxyl groups is 1. The van der Waals surface area contributed by atoms with Crippen LogP contribution in [-0.2, 0) is 110 Å². The molecule has 3 aromatic carbocycles. The van der Waals surface area contributed by atoms with Crippen LogP contribution in [-0.4, -0.2) is 331 Å². The Morgan fingerprint density at radius 1 is 0.432 bits per heavy atom. The average molecular weight is 2070 g/mol. The smallest absolute Gasteiger partial charge is 0.326 e. The Kier molecular flexibility index (Phi) is 47.7. The van der Waals surface area contributed by atoms with Gasteiger partial charge in [-0.15, -0.1) is 0 Å². The lowest BCUT2D eigenvalue weighted by Gasteiger charge is -2.32. The average Bonchev–Trinajstić information content (AvgIpc) is 1.67. The molecule has 17 amide bonds. The number of benzene rings is 3. The number of rotatable bonds is 55. The van der Waals surface area contributed by atoms with Gasteiger partial charge in [-0.05, 0) is 155 Å². The van der Waals surface area contributed by atoms with E-state index in [1.54, 1.807) is 115 Å². The number of phenolic OH excluding ortho intramolecular Hbond substituents is 1. The third kappa shape index (κ3) is 37.1. The Morgan fingerprint density at radius 2 is 0.845 bits per heavy atom. The lowest BCUT2D eigenvalue weighted by Crippen LogP contribution is -2.60. The highest BCUT2D eigenvalue weighted by Gasteiger charge is 2.45. The number of likely N-dealkylation sites (tertiary alicyclic amines) is 3. The normalized spacial score (nSPS) is 16.9. The summed E-state index contributed by atoms with van der Waals surface area (Å²) in [7, 11) is 0. The maximum Gasteiger partial charge on any atom is 0.326 e. The van der Waals surface area contributed by atoms with Gasteiger partial charge in [0.15, 0.2) is 11.9 Å². The van der Waals surface area contributed by atoms with Crippen molar-refractivity contribution in [2.75, 3.05) is 65.6 Å². The lowest BCUT2D eigenvalue weighted by molar-refractivity contribution is -0.144. The van der Waals surface area contributed by atoms with Gasteiger partial charge in [-0.25, -0.2) is 4.79 Å². The van der Waals surface area contributed by atoms with E-state index in [1.807, 2.05) is 13.8 Å². The van der Waals surface area contributed by atoms with Crippen LogP contribution in [0.3, 0.4) is 0 Å². The Hall–Kier alpha value is -15.1. The molecule has 8 rings (SSSR count). The second kappa shape index (κ2) is 58.9. The minimum Gasteiger partial charge on any atom is -0.508 e. The summed E-state index contributed by atoms with van der Waals surface area (Å²) in [6, 6.07) is -0.0740. The molecule has 3 aliphatic rings. The van der Waals surface area contributed by atoms with E-state index >= 15 is 0 Å². The van der Waals surface area contributed by atoms with Crippen LogP contribution in [0.5, 0.6) is 5.75 Å². The summed E-state index contributed by atoms with van der Waals surface area (Å²) in [4.78, 5) is 272. The number of aliphatic carboxylic acids is 2. The fraction of sp³-hybridized carbons (Fsp3) is 0.561. The number of amides is 17. The Labute approximate surface area is 856 Å². The van der Waals surface area contributed by atoms with Crippen molar-refractivity contribution in [3.8, 4) is 5.75 Å². The van der Waals surface area contributed by atoms with Crippen LogP contribution in [0.4, 0.5) is 0 Å². The van der Waals surface area contributed by atoms with Gasteiger partial charge in [0.25, 0.3) is 5.97 Å². The molecule has 5 heterocycles. The van der Waals surface area contributed by atoms with Crippen molar-refractivity contribution >= 4 is 146 Å². The van der Waals surface area contributed by atoms with E-state index in [0.717, 1.165) is 6.92 Å². The van der Waals surface area contributed by atoms with Crippen LogP contribution in [0, 0.1) is 34.5 Å². The highest BCUT2D eigenvalue weighted by molar-refractivity contribution is 6.02. The van der Waals surface area contributed by atoms with E-state index in [0.29, 0.717) is 57.8 Å². The zero-order chi connectivity index (χ0) is 109. The molecule has 148 heavy (non-hydrogen) atoms. The van der Waals surface area contributed by atoms with E-state index in [1.165, 1.54) is 33.8 Å². The number of nitrogens with one attached hydrogen (secondary N) is 20. The number of carbonyl (C=O) groups excluding carboxylic acids is 17. The van der Waals surface area contributed by atoms with E-state index in [4.69, 9.17) is 37.9 Å². The Bertz CT molecular complexity index is 5480. The minimum absolute atomic E-state index is 0.00404. The maximum absolute atomic E-state index is 15.0. The molecule has 5 aromatic rings. The number of aromatic amines is 2. The van der Waals surface area contributed by atoms with Gasteiger partial charge >= 0.3 is 5.97 Å². The van der Waals surface area contributed by atoms with Crippen LogP contribution >= 0.6 is 0 Å². The number of hydrogen-bond acceptors (Lipinski definition) is 25. The zero-order valence-corrected chi connectivity index (χ0v) is 85.0. The molecule has 0 radical (unpaired) electrons. The number of carbonyl (C=O) groups is 19. The summed E-state index contributed by atoms with van der Waals surface area (Å²) >= 11 is 0. The molecule has 0 spiro atoms. The molecule has 812 valence electrons. The first-order valence-corrected chi connectivity index (χ1v) is 49.6. The van der Waals surface area contributed by atoms with Crippen LogP contribution < -0.4 is 102 Å². The molecule has 16 unspecified atom stereocenters. The summed E-state index contributed by atoms with van der Waals surface area (Å²) < 4.78 is 0. The third-order valence-electron chi connectivity index (χ3n) is 25.3. The SMILES string of the molecule is CC(=O)O.CCC(C)C(NC(=O)C1CCCN1C(=O)CNC(=O)C(CO)NC(=O)C(Cc1c[nH]c2ccccc12)NC(=O)C(CCCNC(=N)N)NC(=O)C1CCCN1C(=O)C(CC(C)C)NC(=O)C1CCCN1C(=O)C(C)NC(=O)C(N)Cc1ccc(O)cc1)C(=O)NCC(=O)NC(C(=O)NC(CO)C(=O)NC(Cc1c[nH]c2ccccc12)C(=O)NCC(=O)NC(CC(C)C)C(=O)NC(CCCNC(=N)N)C(=O)O)C(C)C. The van der Waals surface area contributed by atoms with Gasteiger partial charge in [0.2, 0.25) is 100 Å². The number of H-pyrrole nitrogens is 2. The van der Waals surface area contributed by atoms with Crippen molar-refractivity contribution in [1.29, 1.82) is 10.8 Å². The van der Waals surface area contributed by atoms with Crippen LogP contribution in [0.1, 0.15) is 169 Å². The van der Waals surface area contributed by atoms with Gasteiger partial charge in [0.1, 0.15) is 90.3 Å². The van der Waals surface area contributed by atoms with Gasteiger partial charge in [-0.2, -0.15) is 0 Å². The number of hydrogen-bond donors (Lipinski definition) is 28. The van der Waals surface area contributed by atoms with Crippen LogP contribution in [0.25, 0.3) is 21.8 Å². The number of nitrogens with zero attached hydrogens (tertiary/aromatic N) is 3. The molecular weight excluding hydrogens is 1930 g/mol. The number of carboxylic acids is 2. The standard InChI is InChI=1S/C96H142N26O22.C2H4O2/c1-10-53(8)79(90(139)107-46-76(127)118-78(52(6)7)91(140)117-71(49-124)86(135)113-67(41-56-43-104-62-22-13-11-20-59(56)62)81(130)106-45-75(126)110-66(38-50(2)3)84(133)112-65(94(143)144)25-16-34-103-96(100)101)119-89(138)72-26-17-35-120(72)77(128)47-108-82(131)70(48-123)116-85(134)68(42-57-44-105-63-23-14-12-21-60(57)63)114-83(132)64(24-15-33-102-95(98)99)111-87(136)74-28-19-37-122(74)93(142)69(39-51(4)5)115-88(137)73-27-18-36-121(73)92(141)54(9)109-80(129)61(97)40-55-29-31-58(125)32-30-55;1-2(3)4/h11-14,20-23,29-32,43-44,50-54,61,64-74,78-79,104-105,123-125H,10,15-19,24-28,33-42,45-49,97H2,1-9H3,(H,106,130)(H,107,139)(H,108,131)(H,109,129)(H,110,126)(H,111,136)(H,112,133)(H,113,135)(H,114,132)(H,115,137)(H,116,134)(H,117,140)(H,118,127)(H,119,138)(H,143,144)(H4,98,99,102)(H4,100,101,103);1H3,(H,3,4). The maximum atomic E-state index is 15.0. The summed E-state index contributed by atoms with van der Waals surface area (Å²) in [6.07, 6.45) is 4.92. The number of aliphatic hydroxyl groups is 2. The molecule has 16 atom stereocenters. The number of phenols is 1. The van der Waals surface area contributed by atoms with Crippen molar-refractivity contribution in [2.24, 2.45) is 40.9 Å². The van der Waals surface area contributed by atoms with E-state index < -0.39 is 254 Å². The first-order valence-electron chi connectivity index (χ1n) is 49.6. The third-order valence-corrected chi connectivity index (χ3v) is 25.3. The van der Waals surface area contributed by atoms with Gasteiger partial charge < -0.3 is 152 Å². The van der Waals surface area contributed by atoms with E-state index in [9.17, 15) is 107 Å². The monoisotopic (exact) mass is 2070 g/mol. The number of aliphatic hydroxyl groups excluding tert-OH is 2. The Morgan fingerprint density at radius 3 is 1.35 bits per heavy atom. The van der Waals surface area contributed by atoms with Crippen molar-refractivity contribution in [3.05, 3.63) is 102 Å². The number of aromatic nitrogens is 2. The second-order valence-corrected chi connectivity index (χ2v) is 38.3. The minimum atomic E-state index is -1.79. The lowest BCUT2D eigenvalue weighted by atomic mass is 9.97. The second-order valence-electron chi connectivity index (χ2n) is 38.3. The van der Waals surface area contributed by atoms with Crippen LogP contribution in [0.15, 0.2) is 85.2 Å². The molecule has 0 bridgehead atoms. The fourth-order valence-electron chi connectivity index (χ4n) is 17.4. The molecule has 50 nitrogen and oxygen atoms in total. The van der Waals surface area contributed by atoms with Crippen molar-refractivity contribution in [3.63, 3.8) is 0 Å². The van der Waals surface area contributed by atoms with Crippen LogP contribution in [0.2, 0.25) is 0 Å². The number of para-hydroxylation sites is 2. The summed E-state index contributed by atoms with van der Waals surface area (Å²) in [6.45, 7) is 12.3. The van der Waals surface area contributed by atoms with Gasteiger partial charge in [-0.1, -0.05) is 110 Å². The van der Waals surface area contributed by atoms with E-state index in [-0.39, 0.29) is 140 Å². The quantitative estimate of drug-likeness (QED) is 0.00999. The molecule has 2 aromatic heterocycles. The molecule has 0 aliphatic carbocycles. The summed E-state index contributed by atoms with van der Waals surface area (Å²) in [5, 5.41) is 106. The molecule has 31 N–H and O–H groups in total. The highest BCUT2D eigenvalue weighted by Crippen LogP contribution is 2.27. The number of nitrogens with two attached hydrogens (primary N) is 3. The zero-order valence-electron chi connectivity index (χ0n) is 85.0. The van der Waals surface area contributed by atoms with Crippen molar-refractivity contribution in [2.45, 2.75) is 263 Å². The predicted octanol–water partition coefficient (Wildman–Crippen LogP) is -4.13. The fourth-order valence-corrected chi connectivity index (χ4v) is 17.4. The molecule has 3 saturated heterocycles. The Balaban J connectivity index is 0.00000727. The topological polar surface area (TPSA) is 785 Å². The molecule has 3 fully saturated rings. The van der Waals surface area contributed by atoms with E-state index in [2.05, 4.69) is 95.0 Å². The molecule has 3 aliphatic heterocycles. The summed E-state index contributed by atoms with van der Waals surface area (Å²) in [5.41, 5.74) is 20.1. The number of fused-ring (bicyclic) bond motifs is 2. The van der Waals surface area contributed by atoms with Crippen molar-refractivity contribution in [1.82, 2.24) is 110 Å². The molecule has 50 heteroatoms. The predicted molar refractivity (Wildman–Crippen MR) is 541 cm³/mol. The first kappa shape index (κ1) is 120. The van der Waals surface area contributed by atoms with Gasteiger partial charge in [0.05, 0.1) is 38.9 Å². The number of guanidine groups is 2.